The van der Waals surface area contributed by atoms with Crippen molar-refractivity contribution >= 4 is 57.6 Å². The Morgan fingerprint density at radius 3 is 2.10 bits per heavy atom. The molecule has 120 valence electrons. The molecule has 0 aromatic heterocycles. The van der Waals surface area contributed by atoms with E-state index in [9.17, 15) is 16.8 Å². The van der Waals surface area contributed by atoms with E-state index >= 15 is 0 Å². The Labute approximate surface area is 141 Å². The van der Waals surface area contributed by atoms with Crippen LogP contribution in [0.5, 0.6) is 0 Å². The predicted molar refractivity (Wildman–Crippen MR) is 88.9 cm³/mol. The maximum Gasteiger partial charge on any atom is 0.242 e. The zero-order valence-electron chi connectivity index (χ0n) is 11.1. The van der Waals surface area contributed by atoms with Crippen LogP contribution in [0.15, 0.2) is 26.0 Å². The van der Waals surface area contributed by atoms with Gasteiger partial charge in [-0.3, -0.25) is 0 Å². The molecular weight excluding hydrogens is 450 g/mol. The number of nitrogens with one attached hydrogen (secondary N) is 2. The zero-order chi connectivity index (χ0) is 16.3. The topological polar surface area (TPSA) is 118 Å². The summed E-state index contributed by atoms with van der Waals surface area (Å²) in [4.78, 5) is -0.0300. The van der Waals surface area contributed by atoms with Crippen molar-refractivity contribution < 1.29 is 16.8 Å². The van der Waals surface area contributed by atoms with Gasteiger partial charge in [-0.25, -0.2) is 26.3 Å². The van der Waals surface area contributed by atoms with E-state index in [0.717, 1.165) is 0 Å². The lowest BCUT2D eigenvalue weighted by Gasteiger charge is -2.11. The summed E-state index contributed by atoms with van der Waals surface area (Å²) in [6, 6.07) is 2.91. The molecule has 0 spiro atoms. The van der Waals surface area contributed by atoms with Gasteiger partial charge in [0.25, 0.3) is 0 Å². The maximum atomic E-state index is 12.2. The number of nitrogens with two attached hydrogens (primary N) is 1. The standard InChI is InChI=1S/C10H15Br2N3O4S2/c1-2-14-20(16,17)4-3-15-21(18,19)10-8(11)5-7(13)6-9(10)12/h5-6,14-15H,2-4,13H2,1H3. The molecule has 1 rings (SSSR count). The van der Waals surface area contributed by atoms with Crippen molar-refractivity contribution in [3.63, 3.8) is 0 Å². The molecule has 0 aliphatic carbocycles. The summed E-state index contributed by atoms with van der Waals surface area (Å²) >= 11 is 6.26. The average molecular weight is 465 g/mol. The molecule has 4 N–H and O–H groups in total. The van der Waals surface area contributed by atoms with Crippen LogP contribution in [0.25, 0.3) is 0 Å². The van der Waals surface area contributed by atoms with Crippen molar-refractivity contribution in [3.05, 3.63) is 21.1 Å². The van der Waals surface area contributed by atoms with E-state index in [-0.39, 0.29) is 32.7 Å². The van der Waals surface area contributed by atoms with Crippen molar-refractivity contribution in [2.24, 2.45) is 0 Å². The number of nitrogen functional groups attached to an aromatic ring is 1. The Morgan fingerprint density at radius 2 is 1.62 bits per heavy atom. The van der Waals surface area contributed by atoms with Crippen LogP contribution in [-0.2, 0) is 20.0 Å². The average Bonchev–Trinajstić information content (AvgIpc) is 2.25. The van der Waals surface area contributed by atoms with E-state index < -0.39 is 20.0 Å². The highest BCUT2D eigenvalue weighted by atomic mass is 79.9. The summed E-state index contributed by atoms with van der Waals surface area (Å²) < 4.78 is 52.4. The first-order valence-electron chi connectivity index (χ1n) is 5.80. The lowest BCUT2D eigenvalue weighted by Crippen LogP contribution is -2.34. The summed E-state index contributed by atoms with van der Waals surface area (Å²) in [5.74, 6) is -0.343. The molecule has 0 aliphatic heterocycles. The number of halogens is 2. The summed E-state index contributed by atoms with van der Waals surface area (Å²) in [6.07, 6.45) is 0. The number of hydrogen-bond donors (Lipinski definition) is 3. The van der Waals surface area contributed by atoms with Crippen molar-refractivity contribution in [2.75, 3.05) is 24.6 Å². The molecule has 0 fully saturated rings. The third kappa shape index (κ3) is 5.49. The minimum atomic E-state index is -3.87. The summed E-state index contributed by atoms with van der Waals surface area (Å²) in [6.45, 7) is 1.66. The fraction of sp³-hybridized carbons (Fsp3) is 0.400. The van der Waals surface area contributed by atoms with Crippen molar-refractivity contribution in [1.82, 2.24) is 9.44 Å². The van der Waals surface area contributed by atoms with Gasteiger partial charge in [-0.15, -0.1) is 0 Å². The molecule has 0 bridgehead atoms. The van der Waals surface area contributed by atoms with E-state index in [4.69, 9.17) is 5.73 Å². The lowest BCUT2D eigenvalue weighted by molar-refractivity contribution is 0.576. The van der Waals surface area contributed by atoms with Gasteiger partial charge in [0.15, 0.2) is 0 Å². The highest BCUT2D eigenvalue weighted by Crippen LogP contribution is 2.32. The third-order valence-corrected chi connectivity index (χ3v) is 7.12. The zero-order valence-corrected chi connectivity index (χ0v) is 15.9. The molecule has 0 saturated heterocycles. The number of anilines is 1. The highest BCUT2D eigenvalue weighted by Gasteiger charge is 2.22. The van der Waals surface area contributed by atoms with Gasteiger partial charge in [0.05, 0.1) is 5.75 Å². The molecule has 0 radical (unpaired) electrons. The SMILES string of the molecule is CCNS(=O)(=O)CCNS(=O)(=O)c1c(Br)cc(N)cc1Br. The molecule has 21 heavy (non-hydrogen) atoms. The van der Waals surface area contributed by atoms with Gasteiger partial charge >= 0.3 is 0 Å². The Balaban J connectivity index is 2.89. The van der Waals surface area contributed by atoms with Crippen molar-refractivity contribution in [1.29, 1.82) is 0 Å². The van der Waals surface area contributed by atoms with E-state index in [2.05, 4.69) is 41.3 Å². The fourth-order valence-corrected chi connectivity index (χ4v) is 6.24. The molecule has 0 saturated carbocycles. The predicted octanol–water partition coefficient (Wildman–Crippen LogP) is 1.01. The van der Waals surface area contributed by atoms with Gasteiger partial charge in [-0.05, 0) is 44.0 Å². The van der Waals surface area contributed by atoms with Gasteiger partial charge < -0.3 is 5.73 Å². The van der Waals surface area contributed by atoms with Crippen LogP contribution >= 0.6 is 31.9 Å². The molecule has 0 atom stereocenters. The second-order valence-electron chi connectivity index (χ2n) is 4.03. The van der Waals surface area contributed by atoms with Crippen LogP contribution in [0.1, 0.15) is 6.92 Å². The molecule has 1 aromatic rings. The first-order chi connectivity index (χ1) is 9.59. The minimum absolute atomic E-state index is 0.0300. The van der Waals surface area contributed by atoms with Gasteiger partial charge in [-0.1, -0.05) is 6.92 Å². The Morgan fingerprint density at radius 1 is 1.10 bits per heavy atom. The molecule has 0 unspecified atom stereocenters. The van der Waals surface area contributed by atoms with Gasteiger partial charge in [0.2, 0.25) is 20.0 Å². The summed E-state index contributed by atoms with van der Waals surface area (Å²) in [7, 11) is -7.35. The first-order valence-corrected chi connectivity index (χ1v) is 10.5. The number of rotatable bonds is 7. The van der Waals surface area contributed by atoms with Crippen LogP contribution in [-0.4, -0.2) is 35.7 Å². The summed E-state index contributed by atoms with van der Waals surface area (Å²) in [5.41, 5.74) is 5.99. The van der Waals surface area contributed by atoms with Crippen LogP contribution < -0.4 is 15.2 Å². The number of benzene rings is 1. The third-order valence-electron chi connectivity index (χ3n) is 2.32. The quantitative estimate of drug-likeness (QED) is 0.520. The van der Waals surface area contributed by atoms with Gasteiger partial charge in [0.1, 0.15) is 4.90 Å². The summed E-state index contributed by atoms with van der Waals surface area (Å²) in [5, 5.41) is 0. The van der Waals surface area contributed by atoms with E-state index in [1.807, 2.05) is 0 Å². The molecule has 11 heteroatoms. The second kappa shape index (κ2) is 7.38. The smallest absolute Gasteiger partial charge is 0.242 e. The monoisotopic (exact) mass is 463 g/mol. The highest BCUT2D eigenvalue weighted by molar-refractivity contribution is 9.11. The Kier molecular flexibility index (Phi) is 6.62. The fourth-order valence-electron chi connectivity index (χ4n) is 1.51. The van der Waals surface area contributed by atoms with Crippen LogP contribution in [0.2, 0.25) is 0 Å². The van der Waals surface area contributed by atoms with Gasteiger partial charge in [0, 0.05) is 27.7 Å². The number of sulfonamides is 2. The molecule has 7 nitrogen and oxygen atoms in total. The van der Waals surface area contributed by atoms with E-state index in [1.165, 1.54) is 12.1 Å². The molecule has 0 aliphatic rings. The minimum Gasteiger partial charge on any atom is -0.399 e. The molecule has 1 aromatic carbocycles. The largest absolute Gasteiger partial charge is 0.399 e. The van der Waals surface area contributed by atoms with Gasteiger partial charge in [-0.2, -0.15) is 0 Å². The molecule has 0 amide bonds. The molecule has 0 heterocycles. The Hall–Kier alpha value is -0.200. The van der Waals surface area contributed by atoms with Crippen LogP contribution in [0, 0.1) is 0 Å². The van der Waals surface area contributed by atoms with Crippen molar-refractivity contribution in [2.45, 2.75) is 11.8 Å². The van der Waals surface area contributed by atoms with Crippen molar-refractivity contribution in [3.8, 4) is 0 Å². The van der Waals surface area contributed by atoms with Crippen LogP contribution in [0.3, 0.4) is 0 Å². The van der Waals surface area contributed by atoms with Crippen LogP contribution in [0.4, 0.5) is 5.69 Å². The normalized spacial score (nSPS) is 12.5. The molecular formula is C10H15Br2N3O4S2. The Bertz CT molecular complexity index is 697. The first kappa shape index (κ1) is 18.8. The number of hydrogen-bond acceptors (Lipinski definition) is 5. The second-order valence-corrected chi connectivity index (χ2v) is 9.37. The van der Waals surface area contributed by atoms with E-state index in [0.29, 0.717) is 5.69 Å². The lowest BCUT2D eigenvalue weighted by atomic mass is 10.3. The maximum absolute atomic E-state index is 12.2. The van der Waals surface area contributed by atoms with E-state index in [1.54, 1.807) is 6.92 Å².